The van der Waals surface area contributed by atoms with Crippen LogP contribution in [0.15, 0.2) is 24.3 Å². The predicted molar refractivity (Wildman–Crippen MR) is 80.3 cm³/mol. The van der Waals surface area contributed by atoms with Gasteiger partial charge in [0.05, 0.1) is 7.11 Å². The Morgan fingerprint density at radius 3 is 2.62 bits per heavy atom. The second-order valence-corrected chi connectivity index (χ2v) is 5.46. The molecule has 0 bridgehead atoms. The molecule has 0 saturated heterocycles. The van der Waals surface area contributed by atoms with Crippen LogP contribution in [0.4, 0.5) is 0 Å². The molecule has 0 radical (unpaired) electrons. The van der Waals surface area contributed by atoms with Gasteiger partial charge >= 0.3 is 5.97 Å². The Morgan fingerprint density at radius 1 is 1.33 bits per heavy atom. The monoisotopic (exact) mass is 313 g/mol. The maximum Gasteiger partial charge on any atom is 0.328 e. The number of carbonyl (C=O) groups is 2. The van der Waals surface area contributed by atoms with Gasteiger partial charge in [0, 0.05) is 5.02 Å². The van der Waals surface area contributed by atoms with Crippen molar-refractivity contribution in [2.45, 2.75) is 26.3 Å². The lowest BCUT2D eigenvalue weighted by Crippen LogP contribution is -2.44. The van der Waals surface area contributed by atoms with Crippen LogP contribution in [-0.4, -0.2) is 31.6 Å². The van der Waals surface area contributed by atoms with E-state index in [4.69, 9.17) is 16.3 Å². The number of nitrogens with one attached hydrogen (secondary N) is 1. The molecule has 0 aromatic heterocycles. The van der Waals surface area contributed by atoms with Crippen LogP contribution < -0.4 is 10.1 Å². The highest BCUT2D eigenvalue weighted by atomic mass is 35.5. The molecule has 0 unspecified atom stereocenters. The standard InChI is InChI=1S/C15H20ClNO4/c1-10(2)7-13(15(19)20-3)17-14(18)9-21-12-6-4-5-11(16)8-12/h4-6,8,10,13H,7,9H2,1-3H3,(H,17,18)/t13-/m0/s1. The molecule has 0 aliphatic carbocycles. The summed E-state index contributed by atoms with van der Waals surface area (Å²) < 4.78 is 10.00. The zero-order valence-corrected chi connectivity index (χ0v) is 13.1. The zero-order valence-electron chi connectivity index (χ0n) is 12.4. The second-order valence-electron chi connectivity index (χ2n) is 5.02. The van der Waals surface area contributed by atoms with Gasteiger partial charge in [-0.25, -0.2) is 4.79 Å². The Morgan fingerprint density at radius 2 is 2.05 bits per heavy atom. The molecule has 116 valence electrons. The molecule has 5 nitrogen and oxygen atoms in total. The summed E-state index contributed by atoms with van der Waals surface area (Å²) >= 11 is 5.82. The van der Waals surface area contributed by atoms with Crippen molar-refractivity contribution in [2.24, 2.45) is 5.92 Å². The Kier molecular flexibility index (Phi) is 7.02. The normalized spacial score (nSPS) is 11.9. The largest absolute Gasteiger partial charge is 0.484 e. The van der Waals surface area contributed by atoms with Crippen molar-refractivity contribution in [2.75, 3.05) is 13.7 Å². The molecule has 1 aromatic rings. The highest BCUT2D eigenvalue weighted by molar-refractivity contribution is 6.30. The summed E-state index contributed by atoms with van der Waals surface area (Å²) in [5.74, 6) is -0.0924. The lowest BCUT2D eigenvalue weighted by molar-refractivity contribution is -0.145. The van der Waals surface area contributed by atoms with Crippen LogP contribution in [0.1, 0.15) is 20.3 Å². The van der Waals surface area contributed by atoms with E-state index in [1.807, 2.05) is 13.8 Å². The highest BCUT2D eigenvalue weighted by Crippen LogP contribution is 2.16. The zero-order chi connectivity index (χ0) is 15.8. The molecule has 0 aliphatic heterocycles. The van der Waals surface area contributed by atoms with Gasteiger partial charge in [-0.1, -0.05) is 31.5 Å². The lowest BCUT2D eigenvalue weighted by Gasteiger charge is -2.18. The first-order valence-electron chi connectivity index (χ1n) is 6.68. The van der Waals surface area contributed by atoms with Crippen molar-refractivity contribution in [3.8, 4) is 5.75 Å². The summed E-state index contributed by atoms with van der Waals surface area (Å²) in [4.78, 5) is 23.4. The van der Waals surface area contributed by atoms with E-state index in [1.54, 1.807) is 24.3 Å². The number of hydrogen-bond acceptors (Lipinski definition) is 4. The summed E-state index contributed by atoms with van der Waals surface area (Å²) in [6.45, 7) is 3.74. The lowest BCUT2D eigenvalue weighted by atomic mass is 10.0. The Bertz CT molecular complexity index is 490. The van der Waals surface area contributed by atoms with E-state index in [0.717, 1.165) is 0 Å². The van der Waals surface area contributed by atoms with E-state index >= 15 is 0 Å². The fourth-order valence-corrected chi connectivity index (χ4v) is 1.95. The number of ether oxygens (including phenoxy) is 2. The minimum Gasteiger partial charge on any atom is -0.484 e. The van der Waals surface area contributed by atoms with Crippen molar-refractivity contribution in [1.29, 1.82) is 0 Å². The summed E-state index contributed by atoms with van der Waals surface area (Å²) in [5, 5.41) is 3.14. The Hall–Kier alpha value is -1.75. The van der Waals surface area contributed by atoms with Crippen LogP contribution in [0.5, 0.6) is 5.75 Å². The maximum atomic E-state index is 11.8. The van der Waals surface area contributed by atoms with Crippen LogP contribution >= 0.6 is 11.6 Å². The molecule has 0 heterocycles. The first-order chi connectivity index (χ1) is 9.92. The molecule has 0 aliphatic rings. The SMILES string of the molecule is COC(=O)[C@H](CC(C)C)NC(=O)COc1cccc(Cl)c1. The Labute approximate surface area is 129 Å². The van der Waals surface area contributed by atoms with Gasteiger partial charge < -0.3 is 14.8 Å². The molecule has 21 heavy (non-hydrogen) atoms. The van der Waals surface area contributed by atoms with Gasteiger partial charge in [0.1, 0.15) is 11.8 Å². The molecule has 6 heteroatoms. The van der Waals surface area contributed by atoms with E-state index in [-0.39, 0.29) is 18.4 Å². The molecule has 0 spiro atoms. The molecule has 1 amide bonds. The van der Waals surface area contributed by atoms with E-state index in [0.29, 0.717) is 17.2 Å². The van der Waals surface area contributed by atoms with Gasteiger partial charge in [-0.05, 0) is 30.5 Å². The molecule has 1 rings (SSSR count). The third-order valence-electron chi connectivity index (χ3n) is 2.69. The molecular formula is C15H20ClNO4. The van der Waals surface area contributed by atoms with Gasteiger partial charge in [0.2, 0.25) is 0 Å². The van der Waals surface area contributed by atoms with E-state index in [9.17, 15) is 9.59 Å². The number of hydrogen-bond donors (Lipinski definition) is 1. The smallest absolute Gasteiger partial charge is 0.328 e. The van der Waals surface area contributed by atoms with E-state index in [2.05, 4.69) is 10.1 Å². The summed E-state index contributed by atoms with van der Waals surface area (Å²) in [6, 6.07) is 6.09. The fourth-order valence-electron chi connectivity index (χ4n) is 1.77. The number of amides is 1. The number of carbonyl (C=O) groups excluding carboxylic acids is 2. The number of halogens is 1. The van der Waals surface area contributed by atoms with Crippen LogP contribution in [0, 0.1) is 5.92 Å². The number of rotatable bonds is 7. The van der Waals surface area contributed by atoms with Crippen molar-refractivity contribution in [1.82, 2.24) is 5.32 Å². The number of esters is 1. The predicted octanol–water partition coefficient (Wildman–Crippen LogP) is 2.42. The summed E-state index contributed by atoms with van der Waals surface area (Å²) in [5.41, 5.74) is 0. The minimum atomic E-state index is -0.662. The molecule has 1 aromatic carbocycles. The first-order valence-corrected chi connectivity index (χ1v) is 7.05. The van der Waals surface area contributed by atoms with E-state index in [1.165, 1.54) is 7.11 Å². The van der Waals surface area contributed by atoms with Crippen LogP contribution in [0.2, 0.25) is 5.02 Å². The van der Waals surface area contributed by atoms with Gasteiger partial charge in [-0.2, -0.15) is 0 Å². The van der Waals surface area contributed by atoms with Crippen molar-refractivity contribution in [3.63, 3.8) is 0 Å². The molecule has 0 saturated carbocycles. The number of methoxy groups -OCH3 is 1. The fraction of sp³-hybridized carbons (Fsp3) is 0.467. The van der Waals surface area contributed by atoms with Crippen LogP contribution in [0.3, 0.4) is 0 Å². The molecule has 0 fully saturated rings. The van der Waals surface area contributed by atoms with Crippen molar-refractivity contribution in [3.05, 3.63) is 29.3 Å². The minimum absolute atomic E-state index is 0.189. The average molecular weight is 314 g/mol. The molecule has 1 atom stereocenters. The third kappa shape index (κ3) is 6.49. The van der Waals surface area contributed by atoms with Crippen LogP contribution in [0.25, 0.3) is 0 Å². The van der Waals surface area contributed by atoms with E-state index < -0.39 is 12.0 Å². The van der Waals surface area contributed by atoms with Crippen molar-refractivity contribution >= 4 is 23.5 Å². The van der Waals surface area contributed by atoms with Gasteiger partial charge in [0.15, 0.2) is 6.61 Å². The summed E-state index contributed by atoms with van der Waals surface area (Å²) in [6.07, 6.45) is 0.510. The van der Waals surface area contributed by atoms with Crippen molar-refractivity contribution < 1.29 is 19.1 Å². The Balaban J connectivity index is 2.51. The summed E-state index contributed by atoms with van der Waals surface area (Å²) in [7, 11) is 1.30. The van der Waals surface area contributed by atoms with Gasteiger partial charge in [-0.15, -0.1) is 0 Å². The quantitative estimate of drug-likeness (QED) is 0.785. The maximum absolute atomic E-state index is 11.8. The topological polar surface area (TPSA) is 64.6 Å². The number of benzene rings is 1. The average Bonchev–Trinajstić information content (AvgIpc) is 2.43. The highest BCUT2D eigenvalue weighted by Gasteiger charge is 2.22. The van der Waals surface area contributed by atoms with Gasteiger partial charge in [0.25, 0.3) is 5.91 Å². The third-order valence-corrected chi connectivity index (χ3v) is 2.93. The van der Waals surface area contributed by atoms with Crippen LogP contribution in [-0.2, 0) is 14.3 Å². The molecule has 1 N–H and O–H groups in total. The first kappa shape index (κ1) is 17.3. The molecular weight excluding hydrogens is 294 g/mol. The second kappa shape index (κ2) is 8.52. The van der Waals surface area contributed by atoms with Gasteiger partial charge in [-0.3, -0.25) is 4.79 Å².